The van der Waals surface area contributed by atoms with Crippen LogP contribution < -0.4 is 10.8 Å². The standard InChI is InChI=1S/C7H12N2O2/c10-7(5-1-2-5)9-6-3-8-11-4-6/h5-6,8H,1-4H2,(H,9,10)/t6-/m0/s1. The highest BCUT2D eigenvalue weighted by atomic mass is 16.7. The van der Waals surface area contributed by atoms with Gasteiger partial charge in [0.2, 0.25) is 5.91 Å². The number of hydroxylamine groups is 1. The molecule has 0 radical (unpaired) electrons. The van der Waals surface area contributed by atoms with Crippen molar-refractivity contribution in [3.63, 3.8) is 0 Å². The SMILES string of the molecule is O=C(N[C@H]1CNOC1)C1CC1. The molecule has 2 rings (SSSR count). The fourth-order valence-corrected chi connectivity index (χ4v) is 1.14. The Kier molecular flexibility index (Phi) is 1.79. The molecule has 1 atom stereocenters. The van der Waals surface area contributed by atoms with Crippen molar-refractivity contribution in [2.75, 3.05) is 13.2 Å². The molecule has 11 heavy (non-hydrogen) atoms. The van der Waals surface area contributed by atoms with Crippen molar-refractivity contribution < 1.29 is 9.63 Å². The lowest BCUT2D eigenvalue weighted by Crippen LogP contribution is -2.38. The van der Waals surface area contributed by atoms with Gasteiger partial charge >= 0.3 is 0 Å². The maximum atomic E-state index is 11.2. The van der Waals surface area contributed by atoms with Crippen molar-refractivity contribution in [3.05, 3.63) is 0 Å². The average molecular weight is 156 g/mol. The molecule has 1 heterocycles. The minimum Gasteiger partial charge on any atom is -0.349 e. The fourth-order valence-electron chi connectivity index (χ4n) is 1.14. The molecule has 0 spiro atoms. The third-order valence-corrected chi connectivity index (χ3v) is 2.01. The predicted molar refractivity (Wildman–Crippen MR) is 38.6 cm³/mol. The summed E-state index contributed by atoms with van der Waals surface area (Å²) >= 11 is 0. The Morgan fingerprint density at radius 2 is 2.36 bits per heavy atom. The second kappa shape index (κ2) is 2.79. The van der Waals surface area contributed by atoms with E-state index in [2.05, 4.69) is 10.8 Å². The van der Waals surface area contributed by atoms with Crippen molar-refractivity contribution >= 4 is 5.91 Å². The maximum Gasteiger partial charge on any atom is 0.223 e. The molecule has 1 saturated carbocycles. The van der Waals surface area contributed by atoms with E-state index >= 15 is 0 Å². The van der Waals surface area contributed by atoms with Crippen LogP contribution in [0.2, 0.25) is 0 Å². The Morgan fingerprint density at radius 1 is 1.55 bits per heavy atom. The van der Waals surface area contributed by atoms with E-state index in [1.165, 1.54) is 0 Å². The first-order chi connectivity index (χ1) is 5.36. The van der Waals surface area contributed by atoms with E-state index < -0.39 is 0 Å². The molecule has 0 aromatic carbocycles. The number of nitrogens with one attached hydrogen (secondary N) is 2. The molecule has 1 amide bonds. The van der Waals surface area contributed by atoms with Gasteiger partial charge in [0.05, 0.1) is 12.6 Å². The topological polar surface area (TPSA) is 50.4 Å². The molecular weight excluding hydrogens is 144 g/mol. The number of rotatable bonds is 2. The molecular formula is C7H12N2O2. The summed E-state index contributed by atoms with van der Waals surface area (Å²) < 4.78 is 0. The Balaban J connectivity index is 1.74. The average Bonchev–Trinajstić information content (AvgIpc) is 2.73. The minimum absolute atomic E-state index is 0.183. The maximum absolute atomic E-state index is 11.2. The van der Waals surface area contributed by atoms with Crippen molar-refractivity contribution in [1.82, 2.24) is 10.8 Å². The highest BCUT2D eigenvalue weighted by Gasteiger charge is 2.31. The third-order valence-electron chi connectivity index (χ3n) is 2.01. The predicted octanol–water partition coefficient (Wildman–Crippen LogP) is -0.584. The van der Waals surface area contributed by atoms with E-state index in [-0.39, 0.29) is 11.9 Å². The zero-order valence-corrected chi connectivity index (χ0v) is 6.30. The van der Waals surface area contributed by atoms with Crippen molar-refractivity contribution in [1.29, 1.82) is 0 Å². The summed E-state index contributed by atoms with van der Waals surface area (Å²) in [5.41, 5.74) is 2.72. The van der Waals surface area contributed by atoms with E-state index in [1.807, 2.05) is 0 Å². The third kappa shape index (κ3) is 1.70. The molecule has 2 N–H and O–H groups in total. The summed E-state index contributed by atoms with van der Waals surface area (Å²) in [5.74, 6) is 0.498. The molecule has 2 fully saturated rings. The summed E-state index contributed by atoms with van der Waals surface area (Å²) in [5, 5.41) is 2.91. The van der Waals surface area contributed by atoms with Crippen LogP contribution in [0.4, 0.5) is 0 Å². The lowest BCUT2D eigenvalue weighted by atomic mass is 10.3. The van der Waals surface area contributed by atoms with Crippen LogP contribution in [-0.4, -0.2) is 25.1 Å². The van der Waals surface area contributed by atoms with Gasteiger partial charge in [0.1, 0.15) is 0 Å². The zero-order valence-electron chi connectivity index (χ0n) is 6.30. The summed E-state index contributed by atoms with van der Waals surface area (Å²) in [6.45, 7) is 1.33. The van der Waals surface area contributed by atoms with E-state index in [1.54, 1.807) is 0 Å². The summed E-state index contributed by atoms with van der Waals surface area (Å²) in [4.78, 5) is 16.1. The molecule has 4 nitrogen and oxygen atoms in total. The van der Waals surface area contributed by atoms with E-state index in [9.17, 15) is 4.79 Å². The minimum atomic E-state index is 0.183. The van der Waals surface area contributed by atoms with Crippen LogP contribution in [0.25, 0.3) is 0 Å². The molecule has 2 aliphatic rings. The molecule has 1 aliphatic carbocycles. The van der Waals surface area contributed by atoms with Gasteiger partial charge in [-0.15, -0.1) is 0 Å². The molecule has 1 saturated heterocycles. The van der Waals surface area contributed by atoms with Crippen LogP contribution in [0.15, 0.2) is 0 Å². The van der Waals surface area contributed by atoms with E-state index in [4.69, 9.17) is 4.84 Å². The van der Waals surface area contributed by atoms with E-state index in [0.29, 0.717) is 12.5 Å². The first-order valence-electron chi connectivity index (χ1n) is 4.01. The molecule has 62 valence electrons. The first-order valence-corrected chi connectivity index (χ1v) is 4.01. The van der Waals surface area contributed by atoms with Crippen LogP contribution in [0.5, 0.6) is 0 Å². The Hall–Kier alpha value is -0.610. The molecule has 0 bridgehead atoms. The van der Waals surface area contributed by atoms with Gasteiger partial charge in [-0.3, -0.25) is 9.63 Å². The van der Waals surface area contributed by atoms with Crippen LogP contribution in [0.1, 0.15) is 12.8 Å². The Labute approximate surface area is 65.2 Å². The molecule has 0 aromatic heterocycles. The van der Waals surface area contributed by atoms with Gasteiger partial charge in [0.25, 0.3) is 0 Å². The van der Waals surface area contributed by atoms with Gasteiger partial charge < -0.3 is 5.32 Å². The summed E-state index contributed by atoms with van der Waals surface area (Å²) in [7, 11) is 0. The quantitative estimate of drug-likeness (QED) is 0.562. The van der Waals surface area contributed by atoms with Crippen LogP contribution in [0.3, 0.4) is 0 Å². The normalized spacial score (nSPS) is 30.4. The monoisotopic (exact) mass is 156 g/mol. The Morgan fingerprint density at radius 3 is 2.91 bits per heavy atom. The fraction of sp³-hybridized carbons (Fsp3) is 0.857. The second-order valence-electron chi connectivity index (χ2n) is 3.14. The molecule has 0 aromatic rings. The van der Waals surface area contributed by atoms with Crippen LogP contribution in [-0.2, 0) is 9.63 Å². The van der Waals surface area contributed by atoms with Crippen molar-refractivity contribution in [2.24, 2.45) is 5.92 Å². The lowest BCUT2D eigenvalue weighted by Gasteiger charge is -2.07. The lowest BCUT2D eigenvalue weighted by molar-refractivity contribution is -0.122. The molecule has 4 heteroatoms. The van der Waals surface area contributed by atoms with Crippen LogP contribution >= 0.6 is 0 Å². The largest absolute Gasteiger partial charge is 0.349 e. The molecule has 1 aliphatic heterocycles. The van der Waals surface area contributed by atoms with Gasteiger partial charge in [0.15, 0.2) is 0 Å². The molecule has 0 unspecified atom stereocenters. The highest BCUT2D eigenvalue weighted by molar-refractivity contribution is 5.81. The van der Waals surface area contributed by atoms with Crippen LogP contribution in [0, 0.1) is 5.92 Å². The summed E-state index contributed by atoms with van der Waals surface area (Å²) in [6, 6.07) is 0.183. The van der Waals surface area contributed by atoms with Gasteiger partial charge in [-0.25, -0.2) is 5.48 Å². The van der Waals surface area contributed by atoms with Gasteiger partial charge in [0, 0.05) is 12.5 Å². The smallest absolute Gasteiger partial charge is 0.223 e. The van der Waals surface area contributed by atoms with Crippen molar-refractivity contribution in [3.8, 4) is 0 Å². The Bertz CT molecular complexity index is 162. The van der Waals surface area contributed by atoms with Crippen molar-refractivity contribution in [2.45, 2.75) is 18.9 Å². The van der Waals surface area contributed by atoms with Gasteiger partial charge in [-0.05, 0) is 12.8 Å². The number of carbonyl (C=O) groups is 1. The number of hydrogen-bond donors (Lipinski definition) is 2. The zero-order chi connectivity index (χ0) is 7.68. The second-order valence-corrected chi connectivity index (χ2v) is 3.14. The summed E-state index contributed by atoms with van der Waals surface area (Å²) in [6.07, 6.45) is 2.12. The number of hydrogen-bond acceptors (Lipinski definition) is 3. The van der Waals surface area contributed by atoms with Gasteiger partial charge in [-0.2, -0.15) is 0 Å². The number of amides is 1. The first kappa shape index (κ1) is 7.06. The van der Waals surface area contributed by atoms with Gasteiger partial charge in [-0.1, -0.05) is 0 Å². The van der Waals surface area contributed by atoms with E-state index in [0.717, 1.165) is 19.4 Å². The number of carbonyl (C=O) groups excluding carboxylic acids is 1. The highest BCUT2D eigenvalue weighted by Crippen LogP contribution is 2.28.